The normalized spacial score (nSPS) is 52.4. The minimum atomic E-state index is -1.19. The maximum Gasteiger partial charge on any atom is 0.167 e. The fourth-order valence-corrected chi connectivity index (χ4v) is 4.31. The van der Waals surface area contributed by atoms with Crippen LogP contribution in [0.1, 0.15) is 46.5 Å². The Morgan fingerprint density at radius 3 is 2.71 bits per heavy atom. The zero-order valence-electron chi connectivity index (χ0n) is 11.0. The Hall–Kier alpha value is -0.410. The molecule has 2 saturated carbocycles. The predicted octanol–water partition coefficient (Wildman–Crippen LogP) is 1.92. The molecular formula is C14H22O3. The van der Waals surface area contributed by atoms with Crippen LogP contribution in [0.4, 0.5) is 0 Å². The average molecular weight is 238 g/mol. The van der Waals surface area contributed by atoms with Gasteiger partial charge in [0.05, 0.1) is 12.2 Å². The van der Waals surface area contributed by atoms with E-state index in [1.54, 1.807) is 0 Å². The number of carbonyl (C=O) groups is 1. The van der Waals surface area contributed by atoms with Crippen LogP contribution in [0.3, 0.4) is 0 Å². The Morgan fingerprint density at radius 1 is 1.29 bits per heavy atom. The summed E-state index contributed by atoms with van der Waals surface area (Å²) in [5.74, 6) is 0.432. The Kier molecular flexibility index (Phi) is 2.14. The zero-order chi connectivity index (χ0) is 12.5. The van der Waals surface area contributed by atoms with E-state index >= 15 is 0 Å². The van der Waals surface area contributed by atoms with Crippen molar-refractivity contribution in [2.45, 2.75) is 57.7 Å². The molecule has 0 aromatic rings. The molecule has 3 heteroatoms. The van der Waals surface area contributed by atoms with Crippen molar-refractivity contribution in [3.63, 3.8) is 0 Å². The Labute approximate surface area is 103 Å². The minimum absolute atomic E-state index is 0.0106. The molecule has 3 nitrogen and oxygen atoms in total. The van der Waals surface area contributed by atoms with E-state index < -0.39 is 5.60 Å². The summed E-state index contributed by atoms with van der Waals surface area (Å²) in [6.45, 7) is 6.58. The maximum atomic E-state index is 12.2. The molecule has 1 saturated heterocycles. The quantitative estimate of drug-likeness (QED) is 0.701. The highest BCUT2D eigenvalue weighted by molar-refractivity contribution is 5.89. The summed E-state index contributed by atoms with van der Waals surface area (Å²) in [4.78, 5) is 12.2. The van der Waals surface area contributed by atoms with E-state index in [1.165, 1.54) is 0 Å². The van der Waals surface area contributed by atoms with Gasteiger partial charge in [-0.05, 0) is 44.4 Å². The summed E-state index contributed by atoms with van der Waals surface area (Å²) in [6.07, 6.45) is 3.66. The number of hydrogen-bond donors (Lipinski definition) is 1. The van der Waals surface area contributed by atoms with E-state index in [-0.39, 0.29) is 29.3 Å². The third-order valence-corrected chi connectivity index (χ3v) is 5.50. The van der Waals surface area contributed by atoms with Gasteiger partial charge in [0.1, 0.15) is 5.60 Å². The van der Waals surface area contributed by atoms with E-state index in [4.69, 9.17) is 4.74 Å². The van der Waals surface area contributed by atoms with Crippen molar-refractivity contribution in [1.29, 1.82) is 0 Å². The number of hydrogen-bond acceptors (Lipinski definition) is 3. The lowest BCUT2D eigenvalue weighted by atomic mass is 9.50. The van der Waals surface area contributed by atoms with E-state index in [0.717, 1.165) is 19.3 Å². The Bertz CT molecular complexity index is 376. The molecule has 0 spiro atoms. The SMILES string of the molecule is CC1(C)OC[C@@]2(O)C(=O)C[C@@]3(C)CC[C@@H]1[C@@H]2C3. The predicted molar refractivity (Wildman–Crippen MR) is 63.5 cm³/mol. The number of aliphatic hydroxyl groups is 1. The van der Waals surface area contributed by atoms with Crippen LogP contribution in [-0.2, 0) is 9.53 Å². The number of carbonyl (C=O) groups excluding carboxylic acids is 1. The standard InChI is InChI=1S/C14H22O3/c1-12(2)9-4-5-13(3)6-10(9)14(16,8-17-12)11(15)7-13/h9-10,16H,4-8H2,1-3H3/t9-,10+,13+,14+/m1/s1. The first-order chi connectivity index (χ1) is 7.77. The van der Waals surface area contributed by atoms with Gasteiger partial charge in [-0.3, -0.25) is 4.79 Å². The summed E-state index contributed by atoms with van der Waals surface area (Å²) in [7, 11) is 0. The molecule has 1 N–H and O–H groups in total. The van der Waals surface area contributed by atoms with Crippen LogP contribution in [0.15, 0.2) is 0 Å². The van der Waals surface area contributed by atoms with Crippen molar-refractivity contribution in [2.75, 3.05) is 6.61 Å². The second kappa shape index (κ2) is 3.12. The molecule has 3 fully saturated rings. The van der Waals surface area contributed by atoms with Crippen molar-refractivity contribution >= 4 is 5.78 Å². The second-order valence-corrected chi connectivity index (χ2v) is 7.18. The van der Waals surface area contributed by atoms with Gasteiger partial charge in [-0.1, -0.05) is 6.92 Å². The highest BCUT2D eigenvalue weighted by atomic mass is 16.5. The van der Waals surface area contributed by atoms with Crippen LogP contribution < -0.4 is 0 Å². The fourth-order valence-electron chi connectivity index (χ4n) is 4.31. The average Bonchev–Trinajstić information content (AvgIpc) is 2.22. The van der Waals surface area contributed by atoms with Crippen molar-refractivity contribution in [3.8, 4) is 0 Å². The van der Waals surface area contributed by atoms with Gasteiger partial charge in [-0.15, -0.1) is 0 Å². The van der Waals surface area contributed by atoms with Crippen molar-refractivity contribution in [3.05, 3.63) is 0 Å². The third-order valence-electron chi connectivity index (χ3n) is 5.50. The van der Waals surface area contributed by atoms with Crippen LogP contribution in [0.5, 0.6) is 0 Å². The summed E-state index contributed by atoms with van der Waals surface area (Å²) >= 11 is 0. The topological polar surface area (TPSA) is 46.5 Å². The molecule has 0 unspecified atom stereocenters. The number of fused-ring (bicyclic) bond motifs is 1. The summed E-state index contributed by atoms with van der Waals surface area (Å²) in [6, 6.07) is 0. The Balaban J connectivity index is 2.03. The second-order valence-electron chi connectivity index (χ2n) is 7.18. The monoisotopic (exact) mass is 238 g/mol. The van der Waals surface area contributed by atoms with E-state index in [1.807, 2.05) is 0 Å². The number of Topliss-reactive ketones (excluding diaryl/α,β-unsaturated/α-hetero) is 1. The molecule has 17 heavy (non-hydrogen) atoms. The van der Waals surface area contributed by atoms with Crippen molar-refractivity contribution < 1.29 is 14.6 Å². The first kappa shape index (κ1) is 11.7. The molecule has 0 aromatic carbocycles. The first-order valence-corrected chi connectivity index (χ1v) is 6.67. The molecule has 0 aromatic heterocycles. The van der Waals surface area contributed by atoms with Gasteiger partial charge in [-0.2, -0.15) is 0 Å². The van der Waals surface area contributed by atoms with Crippen molar-refractivity contribution in [2.24, 2.45) is 17.3 Å². The maximum absolute atomic E-state index is 12.2. The minimum Gasteiger partial charge on any atom is -0.379 e. The molecule has 4 atom stereocenters. The number of ether oxygens (including phenoxy) is 1. The highest BCUT2D eigenvalue weighted by Crippen LogP contribution is 2.58. The molecular weight excluding hydrogens is 216 g/mol. The van der Waals surface area contributed by atoms with Gasteiger partial charge in [0, 0.05) is 12.3 Å². The lowest BCUT2D eigenvalue weighted by molar-refractivity contribution is -0.245. The molecule has 3 aliphatic rings. The van der Waals surface area contributed by atoms with Crippen molar-refractivity contribution in [1.82, 2.24) is 0 Å². The third kappa shape index (κ3) is 1.45. The van der Waals surface area contributed by atoms with Gasteiger partial charge in [-0.25, -0.2) is 0 Å². The van der Waals surface area contributed by atoms with Gasteiger partial charge >= 0.3 is 0 Å². The first-order valence-electron chi connectivity index (χ1n) is 6.67. The molecule has 1 aliphatic heterocycles. The van der Waals surface area contributed by atoms with Crippen LogP contribution in [-0.4, -0.2) is 28.7 Å². The fraction of sp³-hybridized carbons (Fsp3) is 0.929. The molecule has 2 aliphatic carbocycles. The molecule has 2 bridgehead atoms. The van der Waals surface area contributed by atoms with Gasteiger partial charge in [0.2, 0.25) is 0 Å². The smallest absolute Gasteiger partial charge is 0.167 e. The lowest BCUT2D eigenvalue weighted by Crippen LogP contribution is -2.67. The Morgan fingerprint density at radius 2 is 2.00 bits per heavy atom. The van der Waals surface area contributed by atoms with Gasteiger partial charge < -0.3 is 9.84 Å². The number of ketones is 1. The summed E-state index contributed by atoms with van der Waals surface area (Å²) < 4.78 is 5.80. The number of rotatable bonds is 0. The van der Waals surface area contributed by atoms with E-state index in [9.17, 15) is 9.90 Å². The molecule has 1 heterocycles. The summed E-state index contributed by atoms with van der Waals surface area (Å²) in [5, 5.41) is 10.7. The summed E-state index contributed by atoms with van der Waals surface area (Å²) in [5.41, 5.74) is -1.27. The molecule has 0 radical (unpaired) electrons. The van der Waals surface area contributed by atoms with Crippen LogP contribution in [0.2, 0.25) is 0 Å². The van der Waals surface area contributed by atoms with Crippen LogP contribution in [0, 0.1) is 17.3 Å². The van der Waals surface area contributed by atoms with E-state index in [0.29, 0.717) is 12.3 Å². The lowest BCUT2D eigenvalue weighted by Gasteiger charge is -2.60. The van der Waals surface area contributed by atoms with Crippen LogP contribution >= 0.6 is 0 Å². The highest BCUT2D eigenvalue weighted by Gasteiger charge is 2.62. The van der Waals surface area contributed by atoms with Crippen LogP contribution in [0.25, 0.3) is 0 Å². The molecule has 3 rings (SSSR count). The largest absolute Gasteiger partial charge is 0.379 e. The van der Waals surface area contributed by atoms with Gasteiger partial charge in [0.15, 0.2) is 5.78 Å². The molecule has 0 amide bonds. The zero-order valence-corrected chi connectivity index (χ0v) is 11.0. The van der Waals surface area contributed by atoms with Gasteiger partial charge in [0.25, 0.3) is 0 Å². The molecule has 96 valence electrons. The van der Waals surface area contributed by atoms with E-state index in [2.05, 4.69) is 20.8 Å².